The van der Waals surface area contributed by atoms with E-state index < -0.39 is 0 Å². The van der Waals surface area contributed by atoms with Crippen LogP contribution in [0.4, 0.5) is 0 Å². The van der Waals surface area contributed by atoms with Crippen molar-refractivity contribution in [2.45, 2.75) is 52.4 Å². The number of aryl methyl sites for hydroxylation is 2. The Kier molecular flexibility index (Phi) is 4.28. The van der Waals surface area contributed by atoms with Crippen LogP contribution in [0.3, 0.4) is 0 Å². The predicted molar refractivity (Wildman–Crippen MR) is 68.9 cm³/mol. The maximum atomic E-state index is 10.3. The molecule has 0 heterocycles. The van der Waals surface area contributed by atoms with Crippen LogP contribution in [0.1, 0.15) is 50.3 Å². The van der Waals surface area contributed by atoms with Crippen LogP contribution in [-0.2, 0) is 16.6 Å². The van der Waals surface area contributed by atoms with Gasteiger partial charge in [-0.05, 0) is 41.9 Å². The highest BCUT2D eigenvalue weighted by Crippen LogP contribution is 2.25. The van der Waals surface area contributed by atoms with Crippen LogP contribution in [0, 0.1) is 6.92 Å². The van der Waals surface area contributed by atoms with Gasteiger partial charge < -0.3 is 4.79 Å². The summed E-state index contributed by atoms with van der Waals surface area (Å²) in [5.74, 6) is 0. The Morgan fingerprint density at radius 1 is 1.25 bits per heavy atom. The molecule has 0 saturated heterocycles. The Bertz CT molecular complexity index is 358. The van der Waals surface area contributed by atoms with Gasteiger partial charge in [0.1, 0.15) is 6.29 Å². The molecule has 88 valence electrons. The molecular formula is C15H22O. The van der Waals surface area contributed by atoms with Crippen molar-refractivity contribution in [1.82, 2.24) is 0 Å². The molecule has 0 spiro atoms. The average Bonchev–Trinajstić information content (AvgIpc) is 2.19. The van der Waals surface area contributed by atoms with E-state index in [1.54, 1.807) is 0 Å². The maximum absolute atomic E-state index is 10.3. The highest BCUT2D eigenvalue weighted by Gasteiger charge is 2.14. The highest BCUT2D eigenvalue weighted by molar-refractivity contribution is 5.49. The van der Waals surface area contributed by atoms with Crippen LogP contribution < -0.4 is 0 Å². The van der Waals surface area contributed by atoms with E-state index in [0.717, 1.165) is 19.1 Å². The number of hydrogen-bond donors (Lipinski definition) is 0. The third-order valence-corrected chi connectivity index (χ3v) is 2.98. The van der Waals surface area contributed by atoms with Gasteiger partial charge >= 0.3 is 0 Å². The summed E-state index contributed by atoms with van der Waals surface area (Å²) in [6.07, 6.45) is 3.63. The number of benzene rings is 1. The SMILES string of the molecule is Cc1ccc(C(C)(C)C)cc1CCCC=O. The first kappa shape index (κ1) is 13.0. The van der Waals surface area contributed by atoms with E-state index in [0.29, 0.717) is 6.42 Å². The summed E-state index contributed by atoms with van der Waals surface area (Å²) in [7, 11) is 0. The Labute approximate surface area is 98.9 Å². The largest absolute Gasteiger partial charge is 0.303 e. The molecule has 0 saturated carbocycles. The van der Waals surface area contributed by atoms with Crippen molar-refractivity contribution in [2.24, 2.45) is 0 Å². The van der Waals surface area contributed by atoms with Gasteiger partial charge in [-0.25, -0.2) is 0 Å². The molecule has 1 heteroatoms. The lowest BCUT2D eigenvalue weighted by atomic mass is 9.84. The molecule has 0 amide bonds. The fourth-order valence-electron chi connectivity index (χ4n) is 1.78. The van der Waals surface area contributed by atoms with E-state index in [-0.39, 0.29) is 5.41 Å². The van der Waals surface area contributed by atoms with Crippen molar-refractivity contribution in [3.63, 3.8) is 0 Å². The zero-order chi connectivity index (χ0) is 12.2. The number of hydrogen-bond acceptors (Lipinski definition) is 1. The number of carbonyl (C=O) groups is 1. The Hall–Kier alpha value is -1.11. The second kappa shape index (κ2) is 5.29. The fourth-order valence-corrected chi connectivity index (χ4v) is 1.78. The van der Waals surface area contributed by atoms with E-state index in [9.17, 15) is 4.79 Å². The zero-order valence-electron chi connectivity index (χ0n) is 10.8. The van der Waals surface area contributed by atoms with Gasteiger partial charge in [-0.3, -0.25) is 0 Å². The molecule has 0 aliphatic carbocycles. The third-order valence-electron chi connectivity index (χ3n) is 2.98. The van der Waals surface area contributed by atoms with Crippen LogP contribution >= 0.6 is 0 Å². The van der Waals surface area contributed by atoms with Crippen molar-refractivity contribution >= 4 is 6.29 Å². The van der Waals surface area contributed by atoms with E-state index in [1.807, 2.05) is 0 Å². The first-order valence-electron chi connectivity index (χ1n) is 5.99. The first-order valence-corrected chi connectivity index (χ1v) is 5.99. The number of unbranched alkanes of at least 4 members (excludes halogenated alkanes) is 1. The number of aldehydes is 1. The molecule has 1 nitrogen and oxygen atoms in total. The lowest BCUT2D eigenvalue weighted by molar-refractivity contribution is -0.107. The molecular weight excluding hydrogens is 196 g/mol. The van der Waals surface area contributed by atoms with Crippen molar-refractivity contribution in [3.05, 3.63) is 34.9 Å². The van der Waals surface area contributed by atoms with E-state index >= 15 is 0 Å². The smallest absolute Gasteiger partial charge is 0.120 e. The minimum Gasteiger partial charge on any atom is -0.303 e. The van der Waals surface area contributed by atoms with Crippen molar-refractivity contribution in [1.29, 1.82) is 0 Å². The van der Waals surface area contributed by atoms with Crippen molar-refractivity contribution in [2.75, 3.05) is 0 Å². The predicted octanol–water partition coefficient (Wildman–Crippen LogP) is 3.81. The summed E-state index contributed by atoms with van der Waals surface area (Å²) < 4.78 is 0. The third kappa shape index (κ3) is 3.48. The Morgan fingerprint density at radius 2 is 1.94 bits per heavy atom. The molecule has 0 aliphatic rings. The molecule has 0 aromatic heterocycles. The molecule has 0 aliphatic heterocycles. The Morgan fingerprint density at radius 3 is 2.50 bits per heavy atom. The van der Waals surface area contributed by atoms with Crippen LogP contribution in [0.2, 0.25) is 0 Å². The van der Waals surface area contributed by atoms with Gasteiger partial charge in [0, 0.05) is 6.42 Å². The lowest BCUT2D eigenvalue weighted by Crippen LogP contribution is -2.11. The normalized spacial score (nSPS) is 11.5. The summed E-state index contributed by atoms with van der Waals surface area (Å²) in [6.45, 7) is 8.83. The fraction of sp³-hybridized carbons (Fsp3) is 0.533. The standard InChI is InChI=1S/C15H22O/c1-12-8-9-14(15(2,3)4)11-13(12)7-5-6-10-16/h8-11H,5-7H2,1-4H3. The van der Waals surface area contributed by atoms with Crippen molar-refractivity contribution in [3.8, 4) is 0 Å². The second-order valence-corrected chi connectivity index (χ2v) is 5.45. The van der Waals surface area contributed by atoms with Crippen LogP contribution in [0.15, 0.2) is 18.2 Å². The second-order valence-electron chi connectivity index (χ2n) is 5.45. The summed E-state index contributed by atoms with van der Waals surface area (Å²) in [4.78, 5) is 10.3. The van der Waals surface area contributed by atoms with Crippen LogP contribution in [0.5, 0.6) is 0 Å². The average molecular weight is 218 g/mol. The van der Waals surface area contributed by atoms with Crippen LogP contribution in [0.25, 0.3) is 0 Å². The molecule has 1 aromatic rings. The monoisotopic (exact) mass is 218 g/mol. The molecule has 1 aromatic carbocycles. The molecule has 0 unspecified atom stereocenters. The van der Waals surface area contributed by atoms with E-state index in [2.05, 4.69) is 45.9 Å². The summed E-state index contributed by atoms with van der Waals surface area (Å²) in [5, 5.41) is 0. The summed E-state index contributed by atoms with van der Waals surface area (Å²) in [6, 6.07) is 6.69. The minimum absolute atomic E-state index is 0.201. The quantitative estimate of drug-likeness (QED) is 0.554. The molecule has 1 rings (SSSR count). The maximum Gasteiger partial charge on any atom is 0.120 e. The first-order chi connectivity index (χ1) is 7.45. The van der Waals surface area contributed by atoms with Gasteiger partial charge in [-0.2, -0.15) is 0 Å². The number of rotatable bonds is 4. The molecule has 0 N–H and O–H groups in total. The van der Waals surface area contributed by atoms with Gasteiger partial charge in [0.15, 0.2) is 0 Å². The van der Waals surface area contributed by atoms with Gasteiger partial charge in [0.05, 0.1) is 0 Å². The van der Waals surface area contributed by atoms with Crippen LogP contribution in [-0.4, -0.2) is 6.29 Å². The minimum atomic E-state index is 0.201. The molecule has 0 radical (unpaired) electrons. The van der Waals surface area contributed by atoms with E-state index in [1.165, 1.54) is 16.7 Å². The van der Waals surface area contributed by atoms with Gasteiger partial charge in [-0.15, -0.1) is 0 Å². The molecule has 0 fully saturated rings. The van der Waals surface area contributed by atoms with Gasteiger partial charge in [0.25, 0.3) is 0 Å². The topological polar surface area (TPSA) is 17.1 Å². The van der Waals surface area contributed by atoms with Gasteiger partial charge in [-0.1, -0.05) is 39.0 Å². The lowest BCUT2D eigenvalue weighted by Gasteiger charge is -2.20. The summed E-state index contributed by atoms with van der Waals surface area (Å²) >= 11 is 0. The number of carbonyl (C=O) groups excluding carboxylic acids is 1. The summed E-state index contributed by atoms with van der Waals surface area (Å²) in [5.41, 5.74) is 4.29. The molecule has 16 heavy (non-hydrogen) atoms. The molecule has 0 bridgehead atoms. The van der Waals surface area contributed by atoms with E-state index in [4.69, 9.17) is 0 Å². The van der Waals surface area contributed by atoms with Crippen molar-refractivity contribution < 1.29 is 4.79 Å². The molecule has 0 atom stereocenters. The Balaban J connectivity index is 2.86. The van der Waals surface area contributed by atoms with Gasteiger partial charge in [0.2, 0.25) is 0 Å². The highest BCUT2D eigenvalue weighted by atomic mass is 16.1. The zero-order valence-corrected chi connectivity index (χ0v) is 10.8.